The molecule has 134 valence electrons. The monoisotopic (exact) mass is 353 g/mol. The predicted molar refractivity (Wildman–Crippen MR) is 94.5 cm³/mol. The van der Waals surface area contributed by atoms with E-state index in [9.17, 15) is 13.2 Å². The molecule has 0 saturated carbocycles. The lowest BCUT2D eigenvalue weighted by atomic mass is 10.1. The van der Waals surface area contributed by atoms with E-state index in [4.69, 9.17) is 0 Å². The Morgan fingerprint density at radius 1 is 1.21 bits per heavy atom. The molecule has 1 amide bonds. The quantitative estimate of drug-likeness (QED) is 0.749. The van der Waals surface area contributed by atoms with Crippen molar-refractivity contribution in [2.45, 2.75) is 38.8 Å². The fraction of sp³-hybridized carbons (Fsp3) is 0.588. The summed E-state index contributed by atoms with van der Waals surface area (Å²) in [4.78, 5) is 14.1. The molecule has 1 atom stereocenters. The Balaban J connectivity index is 2.19. The molecular formula is C17H27N3O3S. The summed E-state index contributed by atoms with van der Waals surface area (Å²) in [5, 5.41) is 0. The highest BCUT2D eigenvalue weighted by atomic mass is 32.2. The van der Waals surface area contributed by atoms with Gasteiger partial charge in [-0.25, -0.2) is 0 Å². The molecule has 1 fully saturated rings. The van der Waals surface area contributed by atoms with Crippen molar-refractivity contribution in [2.24, 2.45) is 0 Å². The first-order chi connectivity index (χ1) is 11.4. The van der Waals surface area contributed by atoms with Crippen LogP contribution in [0.15, 0.2) is 30.3 Å². The number of benzene rings is 1. The van der Waals surface area contributed by atoms with Crippen molar-refractivity contribution < 1.29 is 13.2 Å². The minimum Gasteiger partial charge on any atom is -0.343 e. The van der Waals surface area contributed by atoms with E-state index in [1.54, 1.807) is 19.0 Å². The van der Waals surface area contributed by atoms with Gasteiger partial charge in [-0.3, -0.25) is 4.79 Å². The van der Waals surface area contributed by atoms with Gasteiger partial charge >= 0.3 is 0 Å². The van der Waals surface area contributed by atoms with Crippen molar-refractivity contribution in [3.05, 3.63) is 35.9 Å². The number of hydrogen-bond acceptors (Lipinski definition) is 3. The van der Waals surface area contributed by atoms with E-state index in [1.165, 1.54) is 8.61 Å². The van der Waals surface area contributed by atoms with Gasteiger partial charge in [-0.1, -0.05) is 50.1 Å². The van der Waals surface area contributed by atoms with Crippen LogP contribution < -0.4 is 0 Å². The Kier molecular flexibility index (Phi) is 6.37. The fourth-order valence-electron chi connectivity index (χ4n) is 2.93. The highest BCUT2D eigenvalue weighted by molar-refractivity contribution is 7.86. The topological polar surface area (TPSA) is 60.9 Å². The minimum atomic E-state index is -3.68. The molecule has 0 N–H and O–H groups in total. The summed E-state index contributed by atoms with van der Waals surface area (Å²) in [5.41, 5.74) is 0.925. The zero-order valence-electron chi connectivity index (χ0n) is 14.7. The van der Waals surface area contributed by atoms with Crippen LogP contribution in [0.1, 0.15) is 31.7 Å². The molecule has 0 bridgehead atoms. The van der Waals surface area contributed by atoms with E-state index in [-0.39, 0.29) is 5.91 Å². The number of carbonyl (C=O) groups excluding carboxylic acids is 1. The lowest BCUT2D eigenvalue weighted by Gasteiger charge is -2.39. The van der Waals surface area contributed by atoms with E-state index in [0.717, 1.165) is 18.4 Å². The maximum atomic E-state index is 13.0. The highest BCUT2D eigenvalue weighted by Gasteiger charge is 2.41. The molecule has 1 heterocycles. The summed E-state index contributed by atoms with van der Waals surface area (Å²) in [6.07, 6.45) is 2.33. The minimum absolute atomic E-state index is 0.105. The first kappa shape index (κ1) is 18.9. The average Bonchev–Trinajstić information content (AvgIpc) is 2.56. The average molecular weight is 353 g/mol. The van der Waals surface area contributed by atoms with Crippen molar-refractivity contribution in [3.63, 3.8) is 0 Å². The van der Waals surface area contributed by atoms with Gasteiger partial charge in [0.25, 0.3) is 10.2 Å². The van der Waals surface area contributed by atoms with Crippen LogP contribution in [0.3, 0.4) is 0 Å². The zero-order chi connectivity index (χ0) is 17.7. The first-order valence-corrected chi connectivity index (χ1v) is 9.79. The lowest BCUT2D eigenvalue weighted by molar-refractivity contribution is -0.137. The maximum Gasteiger partial charge on any atom is 0.282 e. The van der Waals surface area contributed by atoms with Crippen molar-refractivity contribution in [2.75, 3.05) is 27.2 Å². The maximum absolute atomic E-state index is 13.0. The molecule has 1 aliphatic rings. The summed E-state index contributed by atoms with van der Waals surface area (Å²) in [6, 6.07) is 8.88. The SMILES string of the molecule is CCCC[C@@H]1C(=O)N(C)CCN1S(=O)(=O)N(C)Cc1ccccc1. The molecule has 1 aliphatic heterocycles. The van der Waals surface area contributed by atoms with Crippen LogP contribution in [-0.4, -0.2) is 61.1 Å². The van der Waals surface area contributed by atoms with Gasteiger partial charge in [-0.15, -0.1) is 0 Å². The molecule has 1 aromatic carbocycles. The molecule has 0 aromatic heterocycles. The van der Waals surface area contributed by atoms with E-state index >= 15 is 0 Å². The fourth-order valence-corrected chi connectivity index (χ4v) is 4.43. The molecule has 0 spiro atoms. The molecular weight excluding hydrogens is 326 g/mol. The Labute approximate surface area is 145 Å². The number of piperazine rings is 1. The number of amides is 1. The van der Waals surface area contributed by atoms with Crippen LogP contribution >= 0.6 is 0 Å². The Hall–Kier alpha value is -1.44. The molecule has 6 nitrogen and oxygen atoms in total. The number of rotatable bonds is 7. The molecule has 7 heteroatoms. The number of likely N-dealkylation sites (N-methyl/N-ethyl adjacent to an activating group) is 1. The van der Waals surface area contributed by atoms with Crippen LogP contribution in [0.2, 0.25) is 0 Å². The van der Waals surface area contributed by atoms with E-state index in [2.05, 4.69) is 0 Å². The van der Waals surface area contributed by atoms with E-state index < -0.39 is 16.3 Å². The van der Waals surface area contributed by atoms with E-state index in [0.29, 0.717) is 26.1 Å². The molecule has 1 aromatic rings. The summed E-state index contributed by atoms with van der Waals surface area (Å²) >= 11 is 0. The summed E-state index contributed by atoms with van der Waals surface area (Å²) in [6.45, 7) is 3.11. The van der Waals surface area contributed by atoms with Gasteiger partial charge in [-0.05, 0) is 12.0 Å². The summed E-state index contributed by atoms with van der Waals surface area (Å²) in [5.74, 6) is -0.105. The van der Waals surface area contributed by atoms with Crippen molar-refractivity contribution in [1.29, 1.82) is 0 Å². The van der Waals surface area contributed by atoms with E-state index in [1.807, 2.05) is 37.3 Å². The van der Waals surface area contributed by atoms with Crippen LogP contribution in [0.5, 0.6) is 0 Å². The third-order valence-corrected chi connectivity index (χ3v) is 6.38. The van der Waals surface area contributed by atoms with Crippen LogP contribution in [0, 0.1) is 0 Å². The van der Waals surface area contributed by atoms with Crippen LogP contribution in [0.4, 0.5) is 0 Å². The van der Waals surface area contributed by atoms with Gasteiger partial charge in [0.15, 0.2) is 0 Å². The smallest absolute Gasteiger partial charge is 0.282 e. The van der Waals surface area contributed by atoms with Gasteiger partial charge in [0, 0.05) is 33.7 Å². The molecule has 1 saturated heterocycles. The molecule has 0 radical (unpaired) electrons. The molecule has 0 unspecified atom stereocenters. The predicted octanol–water partition coefficient (Wildman–Crippen LogP) is 1.70. The second-order valence-electron chi connectivity index (χ2n) is 6.28. The number of carbonyl (C=O) groups is 1. The third-order valence-electron chi connectivity index (χ3n) is 4.43. The summed E-state index contributed by atoms with van der Waals surface area (Å²) < 4.78 is 28.7. The standard InChI is InChI=1S/C17H27N3O3S/c1-4-5-11-16-17(21)18(2)12-13-20(16)24(22,23)19(3)14-15-9-7-6-8-10-15/h6-10,16H,4-5,11-14H2,1-3H3/t16-/m1/s1. The normalized spacial score (nSPS) is 19.9. The molecule has 2 rings (SSSR count). The number of unbranched alkanes of at least 4 members (excludes halogenated alkanes) is 1. The zero-order valence-corrected chi connectivity index (χ0v) is 15.5. The second kappa shape index (κ2) is 8.09. The summed E-state index contributed by atoms with van der Waals surface area (Å²) in [7, 11) is -0.371. The van der Waals surface area contributed by atoms with Gasteiger partial charge in [0.1, 0.15) is 6.04 Å². The number of hydrogen-bond donors (Lipinski definition) is 0. The molecule has 24 heavy (non-hydrogen) atoms. The Bertz CT molecular complexity index is 648. The van der Waals surface area contributed by atoms with Gasteiger partial charge < -0.3 is 4.90 Å². The first-order valence-electron chi connectivity index (χ1n) is 8.40. The second-order valence-corrected chi connectivity index (χ2v) is 8.27. The van der Waals surface area contributed by atoms with Crippen molar-refractivity contribution in [3.8, 4) is 0 Å². The lowest BCUT2D eigenvalue weighted by Crippen LogP contribution is -2.59. The van der Waals surface area contributed by atoms with Crippen LogP contribution in [-0.2, 0) is 21.5 Å². The van der Waals surface area contributed by atoms with Gasteiger partial charge in [0.05, 0.1) is 0 Å². The third kappa shape index (κ3) is 4.15. The van der Waals surface area contributed by atoms with Gasteiger partial charge in [-0.2, -0.15) is 17.0 Å². The van der Waals surface area contributed by atoms with Crippen LogP contribution in [0.25, 0.3) is 0 Å². The van der Waals surface area contributed by atoms with Crippen molar-refractivity contribution in [1.82, 2.24) is 13.5 Å². The Morgan fingerprint density at radius 3 is 2.50 bits per heavy atom. The molecule has 0 aliphatic carbocycles. The van der Waals surface area contributed by atoms with Crippen molar-refractivity contribution >= 4 is 16.1 Å². The largest absolute Gasteiger partial charge is 0.343 e. The Morgan fingerprint density at radius 2 is 1.88 bits per heavy atom. The number of nitrogens with zero attached hydrogens (tertiary/aromatic N) is 3. The highest BCUT2D eigenvalue weighted by Crippen LogP contribution is 2.22. The van der Waals surface area contributed by atoms with Gasteiger partial charge in [0.2, 0.25) is 5.91 Å².